The third kappa shape index (κ3) is 5.46. The molecule has 0 aromatic rings. The Hall–Kier alpha value is -0.0800. The third-order valence-electron chi connectivity index (χ3n) is 7.18. The molecule has 1 fully saturated rings. The Morgan fingerprint density at radius 1 is 0.875 bits per heavy atom. The van der Waals surface area contributed by atoms with Crippen LogP contribution >= 0.6 is 0 Å². The molecule has 144 valence electrons. The lowest BCUT2D eigenvalue weighted by atomic mass is 9.60. The minimum absolute atomic E-state index is 0.330. The average Bonchev–Trinajstić information content (AvgIpc) is 2.52. The van der Waals surface area contributed by atoms with Gasteiger partial charge in [-0.05, 0) is 68.9 Å². The van der Waals surface area contributed by atoms with Gasteiger partial charge in [0.15, 0.2) is 0 Å². The number of likely N-dealkylation sites (tertiary alicyclic amines) is 1. The van der Waals surface area contributed by atoms with Gasteiger partial charge in [-0.3, -0.25) is 0 Å². The Morgan fingerprint density at radius 2 is 1.42 bits per heavy atom. The first-order valence-electron chi connectivity index (χ1n) is 10.6. The van der Waals surface area contributed by atoms with E-state index in [9.17, 15) is 0 Å². The molecule has 2 heteroatoms. The van der Waals surface area contributed by atoms with E-state index >= 15 is 0 Å². The molecule has 0 aromatic carbocycles. The molecule has 1 saturated heterocycles. The quantitative estimate of drug-likeness (QED) is 0.596. The molecule has 1 rings (SSSR count). The zero-order valence-electron chi connectivity index (χ0n) is 17.9. The number of rotatable bonds is 9. The zero-order valence-corrected chi connectivity index (χ0v) is 17.9. The van der Waals surface area contributed by atoms with Crippen LogP contribution in [-0.4, -0.2) is 30.1 Å². The van der Waals surface area contributed by atoms with Crippen molar-refractivity contribution in [3.05, 3.63) is 0 Å². The van der Waals surface area contributed by atoms with Crippen LogP contribution in [-0.2, 0) is 0 Å². The van der Waals surface area contributed by atoms with Crippen LogP contribution in [0.15, 0.2) is 0 Å². The SMILES string of the molecule is CC(C)CCCC(C)C(C)C(N)C1(C(C)C)CCN(C(C)C)CC1. The predicted molar refractivity (Wildman–Crippen MR) is 108 cm³/mol. The number of nitrogens with zero attached hydrogens (tertiary/aromatic N) is 1. The molecule has 0 spiro atoms. The Kier molecular flexibility index (Phi) is 8.76. The van der Waals surface area contributed by atoms with Crippen molar-refractivity contribution in [1.82, 2.24) is 4.90 Å². The van der Waals surface area contributed by atoms with Crippen molar-refractivity contribution in [2.45, 2.75) is 99.6 Å². The van der Waals surface area contributed by atoms with E-state index < -0.39 is 0 Å². The van der Waals surface area contributed by atoms with Crippen LogP contribution in [0.5, 0.6) is 0 Å². The van der Waals surface area contributed by atoms with Crippen LogP contribution in [0.3, 0.4) is 0 Å². The van der Waals surface area contributed by atoms with Gasteiger partial charge >= 0.3 is 0 Å². The standard InChI is InChI=1S/C22H46N2/c1-16(2)10-9-11-19(7)20(8)21(23)22(17(3)4)12-14-24(15-13-22)18(5)6/h16-21H,9-15,23H2,1-8H3. The van der Waals surface area contributed by atoms with Gasteiger partial charge in [0.05, 0.1) is 0 Å². The lowest BCUT2D eigenvalue weighted by Crippen LogP contribution is -2.56. The molecule has 0 bridgehead atoms. The molecule has 1 aliphatic heterocycles. The molecular weight excluding hydrogens is 292 g/mol. The predicted octanol–water partition coefficient (Wildman–Crippen LogP) is 5.56. The van der Waals surface area contributed by atoms with Crippen LogP contribution in [0.25, 0.3) is 0 Å². The number of nitrogens with two attached hydrogens (primary N) is 1. The van der Waals surface area contributed by atoms with Gasteiger partial charge in [0.2, 0.25) is 0 Å². The maximum atomic E-state index is 6.96. The fourth-order valence-corrected chi connectivity index (χ4v) is 4.74. The van der Waals surface area contributed by atoms with Gasteiger partial charge in [-0.1, -0.05) is 60.8 Å². The Bertz CT molecular complexity index is 340. The lowest BCUT2D eigenvalue weighted by Gasteiger charge is -2.51. The molecule has 2 nitrogen and oxygen atoms in total. The molecule has 3 atom stereocenters. The summed E-state index contributed by atoms with van der Waals surface area (Å²) >= 11 is 0. The van der Waals surface area contributed by atoms with Crippen LogP contribution in [0.4, 0.5) is 0 Å². The summed E-state index contributed by atoms with van der Waals surface area (Å²) in [6.07, 6.45) is 6.58. The van der Waals surface area contributed by atoms with Crippen molar-refractivity contribution in [2.24, 2.45) is 34.8 Å². The highest BCUT2D eigenvalue weighted by Crippen LogP contribution is 2.45. The summed E-state index contributed by atoms with van der Waals surface area (Å²) in [4.78, 5) is 2.63. The fourth-order valence-electron chi connectivity index (χ4n) is 4.74. The summed E-state index contributed by atoms with van der Waals surface area (Å²) in [5, 5.41) is 0. The Balaban J connectivity index is 2.70. The maximum Gasteiger partial charge on any atom is 0.0127 e. The van der Waals surface area contributed by atoms with Crippen molar-refractivity contribution in [3.63, 3.8) is 0 Å². The number of hydrogen-bond acceptors (Lipinski definition) is 2. The second-order valence-corrected chi connectivity index (χ2v) is 9.70. The summed E-state index contributed by atoms with van der Waals surface area (Å²) in [6, 6.07) is 1.000. The van der Waals surface area contributed by atoms with Gasteiger partial charge in [0.1, 0.15) is 0 Å². The molecular formula is C22H46N2. The number of piperidine rings is 1. The van der Waals surface area contributed by atoms with Gasteiger partial charge in [-0.2, -0.15) is 0 Å². The topological polar surface area (TPSA) is 29.3 Å². The minimum Gasteiger partial charge on any atom is -0.327 e. The monoisotopic (exact) mass is 338 g/mol. The fraction of sp³-hybridized carbons (Fsp3) is 1.00. The van der Waals surface area contributed by atoms with Gasteiger partial charge in [0, 0.05) is 12.1 Å². The van der Waals surface area contributed by atoms with E-state index in [4.69, 9.17) is 5.73 Å². The summed E-state index contributed by atoms with van der Waals surface area (Å²) in [6.45, 7) is 21.4. The molecule has 3 unspecified atom stereocenters. The van der Waals surface area contributed by atoms with Crippen LogP contribution in [0.2, 0.25) is 0 Å². The van der Waals surface area contributed by atoms with E-state index in [1.54, 1.807) is 0 Å². The summed E-state index contributed by atoms with van der Waals surface area (Å²) in [5.74, 6) is 2.85. The average molecular weight is 339 g/mol. The molecule has 2 N–H and O–H groups in total. The Morgan fingerprint density at radius 3 is 1.83 bits per heavy atom. The van der Waals surface area contributed by atoms with Crippen molar-refractivity contribution >= 4 is 0 Å². The van der Waals surface area contributed by atoms with Crippen LogP contribution in [0.1, 0.15) is 87.5 Å². The Labute approximate surface area is 152 Å². The van der Waals surface area contributed by atoms with Gasteiger partial charge in [-0.25, -0.2) is 0 Å². The van der Waals surface area contributed by atoms with E-state index in [1.165, 1.54) is 45.2 Å². The van der Waals surface area contributed by atoms with Gasteiger partial charge < -0.3 is 10.6 Å². The molecule has 0 aliphatic carbocycles. The van der Waals surface area contributed by atoms with Crippen LogP contribution < -0.4 is 5.73 Å². The minimum atomic E-state index is 0.330. The van der Waals surface area contributed by atoms with Gasteiger partial charge in [-0.15, -0.1) is 0 Å². The normalized spacial score (nSPS) is 23.0. The van der Waals surface area contributed by atoms with Crippen LogP contribution in [0, 0.1) is 29.1 Å². The zero-order chi connectivity index (χ0) is 18.5. The first kappa shape index (κ1) is 22.0. The van der Waals surface area contributed by atoms with Crippen molar-refractivity contribution in [2.75, 3.05) is 13.1 Å². The second-order valence-electron chi connectivity index (χ2n) is 9.70. The molecule has 0 radical (unpaired) electrons. The van der Waals surface area contributed by atoms with E-state index in [1.807, 2.05) is 0 Å². The molecule has 1 aliphatic rings. The molecule has 0 saturated carbocycles. The largest absolute Gasteiger partial charge is 0.327 e. The van der Waals surface area contributed by atoms with Gasteiger partial charge in [0.25, 0.3) is 0 Å². The first-order valence-corrected chi connectivity index (χ1v) is 10.6. The highest BCUT2D eigenvalue weighted by atomic mass is 15.2. The van der Waals surface area contributed by atoms with Crippen molar-refractivity contribution in [3.8, 4) is 0 Å². The summed E-state index contributed by atoms with van der Waals surface area (Å²) in [7, 11) is 0. The summed E-state index contributed by atoms with van der Waals surface area (Å²) in [5.41, 5.74) is 7.29. The number of hydrogen-bond donors (Lipinski definition) is 1. The van der Waals surface area contributed by atoms with Crippen molar-refractivity contribution in [1.29, 1.82) is 0 Å². The van der Waals surface area contributed by atoms with Crippen molar-refractivity contribution < 1.29 is 0 Å². The first-order chi connectivity index (χ1) is 11.1. The molecule has 0 aromatic heterocycles. The van der Waals surface area contributed by atoms with E-state index in [0.29, 0.717) is 29.3 Å². The molecule has 0 amide bonds. The molecule has 24 heavy (non-hydrogen) atoms. The highest BCUT2D eigenvalue weighted by molar-refractivity contribution is 4.98. The molecule has 1 heterocycles. The van der Waals surface area contributed by atoms with E-state index in [0.717, 1.165) is 11.8 Å². The second kappa shape index (κ2) is 9.57. The highest BCUT2D eigenvalue weighted by Gasteiger charge is 2.45. The van der Waals surface area contributed by atoms with E-state index in [2.05, 4.69) is 60.3 Å². The maximum absolute atomic E-state index is 6.96. The third-order valence-corrected chi connectivity index (χ3v) is 7.18. The summed E-state index contributed by atoms with van der Waals surface area (Å²) < 4.78 is 0. The lowest BCUT2D eigenvalue weighted by molar-refractivity contribution is 0.00212. The van der Waals surface area contributed by atoms with E-state index in [-0.39, 0.29) is 0 Å². The smallest absolute Gasteiger partial charge is 0.0127 e.